The zero-order chi connectivity index (χ0) is 19.1. The highest BCUT2D eigenvalue weighted by Gasteiger charge is 2.24. The molecule has 0 aliphatic carbocycles. The van der Waals surface area contributed by atoms with Crippen molar-refractivity contribution in [1.29, 1.82) is 0 Å². The second-order valence-corrected chi connectivity index (χ2v) is 7.53. The molecule has 6 nitrogen and oxygen atoms in total. The predicted molar refractivity (Wildman–Crippen MR) is 106 cm³/mol. The summed E-state index contributed by atoms with van der Waals surface area (Å²) in [5.41, 5.74) is 0.358. The van der Waals surface area contributed by atoms with Crippen LogP contribution in [-0.4, -0.2) is 56.1 Å². The maximum absolute atomic E-state index is 12.2. The van der Waals surface area contributed by atoms with E-state index in [4.69, 9.17) is 16.3 Å². The molecular weight excluding hydrogens is 386 g/mol. The van der Waals surface area contributed by atoms with Crippen LogP contribution >= 0.6 is 22.9 Å². The summed E-state index contributed by atoms with van der Waals surface area (Å²) in [5.74, 6) is -0.594. The molecule has 1 fully saturated rings. The Morgan fingerprint density at radius 3 is 2.63 bits per heavy atom. The van der Waals surface area contributed by atoms with E-state index < -0.39 is 0 Å². The fraction of sp³-hybridized carbons (Fsp3) is 0.368. The van der Waals surface area contributed by atoms with Crippen LogP contribution in [0.15, 0.2) is 41.8 Å². The Morgan fingerprint density at radius 2 is 1.93 bits per heavy atom. The lowest BCUT2D eigenvalue weighted by molar-refractivity contribution is -0.120. The largest absolute Gasteiger partial charge is 0.379 e. The number of nitrogens with one attached hydrogen (secondary N) is 2. The summed E-state index contributed by atoms with van der Waals surface area (Å²) in [5, 5.41) is 7.94. The van der Waals surface area contributed by atoms with Crippen LogP contribution in [0.5, 0.6) is 0 Å². The highest BCUT2D eigenvalue weighted by atomic mass is 35.5. The Labute approximate surface area is 167 Å². The van der Waals surface area contributed by atoms with Gasteiger partial charge in [0.2, 0.25) is 5.91 Å². The first kappa shape index (κ1) is 19.8. The van der Waals surface area contributed by atoms with Crippen LogP contribution in [0.2, 0.25) is 5.02 Å². The van der Waals surface area contributed by atoms with Crippen molar-refractivity contribution in [3.8, 4) is 0 Å². The molecule has 1 aliphatic heterocycles. The number of hydrogen-bond donors (Lipinski definition) is 2. The monoisotopic (exact) mass is 407 g/mol. The maximum Gasteiger partial charge on any atom is 0.253 e. The molecule has 2 aromatic rings. The van der Waals surface area contributed by atoms with Gasteiger partial charge in [0, 0.05) is 24.5 Å². The summed E-state index contributed by atoms with van der Waals surface area (Å²) in [6, 6.07) is 11.0. The average molecular weight is 408 g/mol. The van der Waals surface area contributed by atoms with E-state index in [1.54, 1.807) is 35.6 Å². The van der Waals surface area contributed by atoms with Gasteiger partial charge in [-0.15, -0.1) is 11.3 Å². The van der Waals surface area contributed by atoms with Crippen molar-refractivity contribution in [2.24, 2.45) is 0 Å². The molecular formula is C19H22ClN3O3S. The Balaban J connectivity index is 1.52. The van der Waals surface area contributed by atoms with Crippen molar-refractivity contribution in [1.82, 2.24) is 15.5 Å². The highest BCUT2D eigenvalue weighted by molar-refractivity contribution is 7.10. The zero-order valence-corrected chi connectivity index (χ0v) is 16.4. The first-order chi connectivity index (χ1) is 13.1. The molecule has 0 radical (unpaired) electrons. The lowest BCUT2D eigenvalue weighted by Crippen LogP contribution is -2.45. The van der Waals surface area contributed by atoms with E-state index in [2.05, 4.69) is 21.6 Å². The van der Waals surface area contributed by atoms with Gasteiger partial charge in [0.05, 0.1) is 36.4 Å². The Morgan fingerprint density at radius 1 is 1.15 bits per heavy atom. The van der Waals surface area contributed by atoms with Crippen molar-refractivity contribution in [3.05, 3.63) is 57.2 Å². The van der Waals surface area contributed by atoms with Gasteiger partial charge in [-0.1, -0.05) is 29.8 Å². The second-order valence-electron chi connectivity index (χ2n) is 6.15. The van der Waals surface area contributed by atoms with E-state index in [1.165, 1.54) is 4.88 Å². The van der Waals surface area contributed by atoms with Crippen molar-refractivity contribution in [2.75, 3.05) is 39.4 Å². The molecule has 0 saturated carbocycles. The van der Waals surface area contributed by atoms with E-state index in [0.717, 1.165) is 13.1 Å². The number of hydrogen-bond acceptors (Lipinski definition) is 5. The number of thiophene rings is 1. The molecule has 0 bridgehead atoms. The van der Waals surface area contributed by atoms with Gasteiger partial charge in [-0.05, 0) is 23.6 Å². The first-order valence-electron chi connectivity index (χ1n) is 8.80. The number of amides is 2. The van der Waals surface area contributed by atoms with Crippen LogP contribution in [-0.2, 0) is 9.53 Å². The lowest BCUT2D eigenvalue weighted by Gasteiger charge is -2.34. The fourth-order valence-corrected chi connectivity index (χ4v) is 4.04. The van der Waals surface area contributed by atoms with Crippen LogP contribution in [0, 0.1) is 0 Å². The van der Waals surface area contributed by atoms with Crippen LogP contribution < -0.4 is 10.6 Å². The smallest absolute Gasteiger partial charge is 0.253 e. The molecule has 2 heterocycles. The lowest BCUT2D eigenvalue weighted by atomic mass is 10.2. The van der Waals surface area contributed by atoms with Gasteiger partial charge in [-0.25, -0.2) is 0 Å². The van der Waals surface area contributed by atoms with Gasteiger partial charge >= 0.3 is 0 Å². The van der Waals surface area contributed by atoms with Crippen molar-refractivity contribution < 1.29 is 14.3 Å². The number of benzene rings is 1. The highest BCUT2D eigenvalue weighted by Crippen LogP contribution is 2.25. The third-order valence-corrected chi connectivity index (χ3v) is 5.68. The Kier molecular flexibility index (Phi) is 7.23. The molecule has 0 unspecified atom stereocenters. The van der Waals surface area contributed by atoms with E-state index in [9.17, 15) is 9.59 Å². The summed E-state index contributed by atoms with van der Waals surface area (Å²) in [6.07, 6.45) is 0. The number of carbonyl (C=O) groups excluding carboxylic acids is 2. The SMILES string of the molecule is O=C(CNC(=O)c1ccccc1Cl)NC[C@H](c1cccs1)N1CCOCC1. The van der Waals surface area contributed by atoms with Crippen LogP contribution in [0.1, 0.15) is 21.3 Å². The minimum absolute atomic E-state index is 0.0929. The Hall–Kier alpha value is -1.93. The number of morpholine rings is 1. The molecule has 27 heavy (non-hydrogen) atoms. The summed E-state index contributed by atoms with van der Waals surface area (Å²) in [6.45, 7) is 3.46. The standard InChI is InChI=1S/C19H22ClN3O3S/c20-15-5-2-1-4-14(15)19(25)22-13-18(24)21-12-16(17-6-3-11-27-17)23-7-9-26-10-8-23/h1-6,11,16H,7-10,12-13H2,(H,21,24)(H,22,25)/t16-/m1/s1. The minimum Gasteiger partial charge on any atom is -0.379 e. The molecule has 8 heteroatoms. The van der Waals surface area contributed by atoms with E-state index in [1.807, 2.05) is 11.4 Å². The third kappa shape index (κ3) is 5.52. The number of halogens is 1. The molecule has 1 aromatic carbocycles. The zero-order valence-electron chi connectivity index (χ0n) is 14.8. The molecule has 1 aliphatic rings. The van der Waals surface area contributed by atoms with Gasteiger partial charge in [-0.3, -0.25) is 14.5 Å². The van der Waals surface area contributed by atoms with Crippen LogP contribution in [0.4, 0.5) is 0 Å². The third-order valence-electron chi connectivity index (χ3n) is 4.38. The van der Waals surface area contributed by atoms with Gasteiger partial charge in [0.1, 0.15) is 0 Å². The van der Waals surface area contributed by atoms with Crippen molar-refractivity contribution >= 4 is 34.8 Å². The summed E-state index contributed by atoms with van der Waals surface area (Å²) in [4.78, 5) is 27.9. The van der Waals surface area contributed by atoms with Crippen LogP contribution in [0.25, 0.3) is 0 Å². The summed E-state index contributed by atoms with van der Waals surface area (Å²) < 4.78 is 5.43. The fourth-order valence-electron chi connectivity index (χ4n) is 2.95. The second kappa shape index (κ2) is 9.85. The molecule has 1 atom stereocenters. The van der Waals surface area contributed by atoms with E-state index in [0.29, 0.717) is 30.3 Å². The Bertz CT molecular complexity index is 763. The van der Waals surface area contributed by atoms with Crippen molar-refractivity contribution in [3.63, 3.8) is 0 Å². The van der Waals surface area contributed by atoms with Gasteiger partial charge in [0.25, 0.3) is 5.91 Å². The number of rotatable bonds is 7. The van der Waals surface area contributed by atoms with Crippen LogP contribution in [0.3, 0.4) is 0 Å². The molecule has 2 N–H and O–H groups in total. The van der Waals surface area contributed by atoms with E-state index >= 15 is 0 Å². The molecule has 3 rings (SSSR count). The predicted octanol–water partition coefficient (Wildman–Crippen LogP) is 2.32. The molecule has 0 spiro atoms. The van der Waals surface area contributed by atoms with Crippen molar-refractivity contribution in [2.45, 2.75) is 6.04 Å². The minimum atomic E-state index is -0.362. The topological polar surface area (TPSA) is 70.7 Å². The molecule has 2 amide bonds. The van der Waals surface area contributed by atoms with Gasteiger partial charge in [0.15, 0.2) is 0 Å². The summed E-state index contributed by atoms with van der Waals surface area (Å²) in [7, 11) is 0. The quantitative estimate of drug-likeness (QED) is 0.739. The number of ether oxygens (including phenoxy) is 1. The summed E-state index contributed by atoms with van der Waals surface area (Å²) >= 11 is 7.68. The average Bonchev–Trinajstić information content (AvgIpc) is 3.22. The normalized spacial score (nSPS) is 15.9. The molecule has 1 aromatic heterocycles. The molecule has 144 valence electrons. The number of nitrogens with zero attached hydrogens (tertiary/aromatic N) is 1. The molecule has 1 saturated heterocycles. The van der Waals surface area contributed by atoms with Gasteiger partial charge in [-0.2, -0.15) is 0 Å². The number of carbonyl (C=O) groups is 2. The van der Waals surface area contributed by atoms with E-state index in [-0.39, 0.29) is 24.4 Å². The maximum atomic E-state index is 12.2. The van der Waals surface area contributed by atoms with Gasteiger partial charge < -0.3 is 15.4 Å². The first-order valence-corrected chi connectivity index (χ1v) is 10.1.